The van der Waals surface area contributed by atoms with Crippen LogP contribution in [0.1, 0.15) is 43.0 Å². The predicted molar refractivity (Wildman–Crippen MR) is 84.7 cm³/mol. The molecule has 0 unspecified atom stereocenters. The van der Waals surface area contributed by atoms with Crippen LogP contribution in [-0.2, 0) is 9.53 Å². The minimum atomic E-state index is -0.924. The summed E-state index contributed by atoms with van der Waals surface area (Å²) >= 11 is 0. The van der Waals surface area contributed by atoms with Gasteiger partial charge in [0.1, 0.15) is 5.75 Å². The number of hydrogen-bond acceptors (Lipinski definition) is 4. The van der Waals surface area contributed by atoms with Crippen molar-refractivity contribution in [3.8, 4) is 5.75 Å². The second-order valence-electron chi connectivity index (χ2n) is 5.79. The maximum absolute atomic E-state index is 12.5. The highest BCUT2D eigenvalue weighted by Gasteiger charge is 2.36. The van der Waals surface area contributed by atoms with Gasteiger partial charge in [-0.15, -0.1) is 0 Å². The number of carbonyl (C=O) groups excluding carboxylic acids is 1. The van der Waals surface area contributed by atoms with E-state index in [0.29, 0.717) is 44.0 Å². The molecule has 1 aliphatic heterocycles. The predicted octanol–water partition coefficient (Wildman–Crippen LogP) is 2.23. The molecule has 0 aliphatic carbocycles. The Morgan fingerprint density at radius 2 is 2.09 bits per heavy atom. The highest BCUT2D eigenvalue weighted by Crippen LogP contribution is 2.25. The molecule has 2 N–H and O–H groups in total. The van der Waals surface area contributed by atoms with Crippen LogP contribution in [0.5, 0.6) is 5.75 Å². The van der Waals surface area contributed by atoms with Crippen LogP contribution in [0, 0.1) is 0 Å². The first-order valence-electron chi connectivity index (χ1n) is 7.89. The number of carbonyl (C=O) groups is 2. The standard InChI is InChI=1S/C17H23NO5/c1-2-8-23-14-5-3-4-13(11-14)16(21)18-17(12-15(19)20)6-9-22-10-7-17/h3-5,11H,2,6-10,12H2,1H3,(H,18,21)(H,19,20). The first-order chi connectivity index (χ1) is 11.0. The molecule has 6 heteroatoms. The number of benzene rings is 1. The fraction of sp³-hybridized carbons (Fsp3) is 0.529. The first kappa shape index (κ1) is 17.3. The van der Waals surface area contributed by atoms with Gasteiger partial charge in [0.25, 0.3) is 5.91 Å². The second-order valence-corrected chi connectivity index (χ2v) is 5.79. The Bertz CT molecular complexity index is 552. The van der Waals surface area contributed by atoms with Crippen molar-refractivity contribution in [1.82, 2.24) is 5.32 Å². The summed E-state index contributed by atoms with van der Waals surface area (Å²) in [4.78, 5) is 23.7. The number of aliphatic carboxylic acids is 1. The molecule has 0 bridgehead atoms. The lowest BCUT2D eigenvalue weighted by atomic mass is 9.86. The zero-order valence-corrected chi connectivity index (χ0v) is 13.3. The van der Waals surface area contributed by atoms with Crippen molar-refractivity contribution in [2.24, 2.45) is 0 Å². The summed E-state index contributed by atoms with van der Waals surface area (Å²) in [6.45, 7) is 3.50. The minimum Gasteiger partial charge on any atom is -0.494 e. The number of carboxylic acids is 1. The van der Waals surface area contributed by atoms with E-state index >= 15 is 0 Å². The number of hydrogen-bond donors (Lipinski definition) is 2. The van der Waals surface area contributed by atoms with Gasteiger partial charge in [0.05, 0.1) is 18.6 Å². The van der Waals surface area contributed by atoms with Crippen LogP contribution in [0.15, 0.2) is 24.3 Å². The lowest BCUT2D eigenvalue weighted by Gasteiger charge is -2.36. The van der Waals surface area contributed by atoms with Crippen LogP contribution >= 0.6 is 0 Å². The molecule has 1 aromatic rings. The molecule has 0 saturated carbocycles. The maximum atomic E-state index is 12.5. The van der Waals surface area contributed by atoms with Crippen molar-refractivity contribution in [2.75, 3.05) is 19.8 Å². The Morgan fingerprint density at radius 3 is 2.74 bits per heavy atom. The third kappa shape index (κ3) is 4.96. The Balaban J connectivity index is 2.10. The molecule has 0 spiro atoms. The van der Waals surface area contributed by atoms with E-state index in [1.54, 1.807) is 24.3 Å². The van der Waals surface area contributed by atoms with Gasteiger partial charge >= 0.3 is 5.97 Å². The van der Waals surface area contributed by atoms with E-state index in [0.717, 1.165) is 6.42 Å². The lowest BCUT2D eigenvalue weighted by molar-refractivity contribution is -0.139. The Morgan fingerprint density at radius 1 is 1.35 bits per heavy atom. The number of carboxylic acid groups (broad SMARTS) is 1. The molecular weight excluding hydrogens is 298 g/mol. The molecule has 0 radical (unpaired) electrons. The highest BCUT2D eigenvalue weighted by molar-refractivity contribution is 5.95. The van der Waals surface area contributed by atoms with E-state index in [9.17, 15) is 9.59 Å². The molecule has 6 nitrogen and oxygen atoms in total. The van der Waals surface area contributed by atoms with Crippen molar-refractivity contribution in [3.63, 3.8) is 0 Å². The number of rotatable bonds is 7. The van der Waals surface area contributed by atoms with Crippen LogP contribution in [0.2, 0.25) is 0 Å². The zero-order chi connectivity index (χ0) is 16.7. The van der Waals surface area contributed by atoms with Crippen molar-refractivity contribution >= 4 is 11.9 Å². The maximum Gasteiger partial charge on any atom is 0.305 e. The lowest BCUT2D eigenvalue weighted by Crippen LogP contribution is -2.53. The van der Waals surface area contributed by atoms with Crippen molar-refractivity contribution in [1.29, 1.82) is 0 Å². The fourth-order valence-corrected chi connectivity index (χ4v) is 2.66. The largest absolute Gasteiger partial charge is 0.494 e. The van der Waals surface area contributed by atoms with Gasteiger partial charge in [0.2, 0.25) is 0 Å². The topological polar surface area (TPSA) is 84.9 Å². The SMILES string of the molecule is CCCOc1cccc(C(=O)NC2(CC(=O)O)CCOCC2)c1. The van der Waals surface area contributed by atoms with E-state index in [1.807, 2.05) is 6.92 Å². The first-order valence-corrected chi connectivity index (χ1v) is 7.89. The van der Waals surface area contributed by atoms with Crippen LogP contribution in [0.3, 0.4) is 0 Å². The fourth-order valence-electron chi connectivity index (χ4n) is 2.66. The smallest absolute Gasteiger partial charge is 0.305 e. The highest BCUT2D eigenvalue weighted by atomic mass is 16.5. The van der Waals surface area contributed by atoms with E-state index in [2.05, 4.69) is 5.32 Å². The van der Waals surface area contributed by atoms with Crippen molar-refractivity contribution in [2.45, 2.75) is 38.1 Å². The summed E-state index contributed by atoms with van der Waals surface area (Å²) in [5.74, 6) is -0.568. The monoisotopic (exact) mass is 321 g/mol. The van der Waals surface area contributed by atoms with Gasteiger partial charge in [-0.05, 0) is 37.5 Å². The zero-order valence-electron chi connectivity index (χ0n) is 13.3. The normalized spacial score (nSPS) is 16.6. The summed E-state index contributed by atoms with van der Waals surface area (Å²) in [6.07, 6.45) is 1.78. The average Bonchev–Trinajstić information content (AvgIpc) is 2.53. The summed E-state index contributed by atoms with van der Waals surface area (Å²) in [5, 5.41) is 12.1. The van der Waals surface area contributed by atoms with E-state index in [1.165, 1.54) is 0 Å². The van der Waals surface area contributed by atoms with Gasteiger partial charge < -0.3 is 19.9 Å². The third-order valence-electron chi connectivity index (χ3n) is 3.89. The van der Waals surface area contributed by atoms with Crippen LogP contribution in [0.4, 0.5) is 0 Å². The molecule has 0 atom stereocenters. The van der Waals surface area contributed by atoms with Crippen molar-refractivity contribution in [3.05, 3.63) is 29.8 Å². The van der Waals surface area contributed by atoms with E-state index in [-0.39, 0.29) is 12.3 Å². The van der Waals surface area contributed by atoms with Gasteiger partial charge in [-0.3, -0.25) is 9.59 Å². The molecule has 0 aromatic heterocycles. The number of nitrogens with one attached hydrogen (secondary N) is 1. The molecule has 1 heterocycles. The quantitative estimate of drug-likeness (QED) is 0.804. The summed E-state index contributed by atoms with van der Waals surface area (Å²) < 4.78 is 10.8. The molecular formula is C17H23NO5. The minimum absolute atomic E-state index is 0.103. The number of amides is 1. The molecule has 1 fully saturated rings. The van der Waals surface area contributed by atoms with Crippen LogP contribution in [0.25, 0.3) is 0 Å². The Kier molecular flexibility index (Phi) is 5.98. The van der Waals surface area contributed by atoms with Gasteiger partial charge in [0, 0.05) is 18.8 Å². The Labute approximate surface area is 135 Å². The summed E-state index contributed by atoms with van der Waals surface area (Å²) in [7, 11) is 0. The van der Waals surface area contributed by atoms with Crippen LogP contribution < -0.4 is 10.1 Å². The van der Waals surface area contributed by atoms with Crippen molar-refractivity contribution < 1.29 is 24.2 Å². The molecule has 126 valence electrons. The summed E-state index contributed by atoms with van der Waals surface area (Å²) in [5.41, 5.74) is -0.281. The van der Waals surface area contributed by atoms with Gasteiger partial charge in [0.15, 0.2) is 0 Å². The third-order valence-corrected chi connectivity index (χ3v) is 3.89. The van der Waals surface area contributed by atoms with Gasteiger partial charge in [-0.2, -0.15) is 0 Å². The second kappa shape index (κ2) is 7.97. The molecule has 1 saturated heterocycles. The molecule has 23 heavy (non-hydrogen) atoms. The van der Waals surface area contributed by atoms with E-state index in [4.69, 9.17) is 14.6 Å². The van der Waals surface area contributed by atoms with Gasteiger partial charge in [-0.25, -0.2) is 0 Å². The van der Waals surface area contributed by atoms with E-state index < -0.39 is 11.5 Å². The number of ether oxygens (including phenoxy) is 2. The molecule has 1 amide bonds. The van der Waals surface area contributed by atoms with Crippen LogP contribution in [-0.4, -0.2) is 42.3 Å². The summed E-state index contributed by atoms with van der Waals surface area (Å²) in [6, 6.07) is 6.93. The molecule has 1 aromatic carbocycles. The molecule has 1 aliphatic rings. The van der Waals surface area contributed by atoms with Gasteiger partial charge in [-0.1, -0.05) is 13.0 Å². The Hall–Kier alpha value is -2.08. The molecule has 2 rings (SSSR count). The average molecular weight is 321 g/mol.